The summed E-state index contributed by atoms with van der Waals surface area (Å²) >= 11 is 0. The molecule has 3 aromatic heterocycles. The summed E-state index contributed by atoms with van der Waals surface area (Å²) in [5.41, 5.74) is 4.07. The number of nitrogens with one attached hydrogen (secondary N) is 1. The van der Waals surface area contributed by atoms with Crippen molar-refractivity contribution in [1.82, 2.24) is 24.6 Å². The summed E-state index contributed by atoms with van der Waals surface area (Å²) in [4.78, 5) is 39.2. The Hall–Kier alpha value is -3.81. The van der Waals surface area contributed by atoms with Crippen molar-refractivity contribution in [2.75, 3.05) is 6.61 Å². The summed E-state index contributed by atoms with van der Waals surface area (Å²) in [5, 5.41) is 2.98. The third-order valence-electron chi connectivity index (χ3n) is 5.20. The van der Waals surface area contributed by atoms with Gasteiger partial charge >= 0.3 is 5.97 Å². The molecule has 0 amide bonds. The van der Waals surface area contributed by atoms with Crippen LogP contribution in [0.2, 0.25) is 0 Å². The molecule has 0 aliphatic heterocycles. The van der Waals surface area contributed by atoms with E-state index in [2.05, 4.69) is 40.8 Å². The lowest BCUT2D eigenvalue weighted by Crippen LogP contribution is -2.15. The van der Waals surface area contributed by atoms with Crippen LogP contribution in [-0.2, 0) is 11.2 Å². The number of H-pyrrole nitrogens is 1. The lowest BCUT2D eigenvalue weighted by molar-refractivity contribution is 0.0529. The van der Waals surface area contributed by atoms with Crippen molar-refractivity contribution in [3.8, 4) is 22.6 Å². The Morgan fingerprint density at radius 2 is 1.82 bits per heavy atom. The molecule has 4 rings (SSSR count). The number of aryl methyl sites for hydroxylation is 1. The van der Waals surface area contributed by atoms with Gasteiger partial charge in [-0.15, -0.1) is 0 Å². The van der Waals surface area contributed by atoms with E-state index in [9.17, 15) is 9.59 Å². The molecule has 0 spiro atoms. The molecule has 170 valence electrons. The van der Waals surface area contributed by atoms with Crippen LogP contribution in [0, 0.1) is 12.3 Å². The van der Waals surface area contributed by atoms with E-state index >= 15 is 0 Å². The molecule has 8 heteroatoms. The van der Waals surface area contributed by atoms with Crippen LogP contribution in [0.4, 0.5) is 0 Å². The fourth-order valence-corrected chi connectivity index (χ4v) is 3.81. The highest BCUT2D eigenvalue weighted by Crippen LogP contribution is 2.28. The van der Waals surface area contributed by atoms with Crippen LogP contribution in [-0.4, -0.2) is 37.1 Å². The first-order valence-electron chi connectivity index (χ1n) is 10.9. The Labute approximate surface area is 191 Å². The monoisotopic (exact) mass is 445 g/mol. The average Bonchev–Trinajstić information content (AvgIpc) is 3.13. The van der Waals surface area contributed by atoms with Crippen molar-refractivity contribution in [2.24, 2.45) is 5.41 Å². The van der Waals surface area contributed by atoms with E-state index in [1.165, 1.54) is 22.3 Å². The van der Waals surface area contributed by atoms with Gasteiger partial charge in [-0.1, -0.05) is 45.0 Å². The van der Waals surface area contributed by atoms with E-state index in [1.54, 1.807) is 20.0 Å². The summed E-state index contributed by atoms with van der Waals surface area (Å²) in [6.45, 7) is 10.3. The second-order valence-corrected chi connectivity index (χ2v) is 9.15. The number of aromatic amines is 1. The number of carbonyl (C=O) groups excluding carboxylic acids is 1. The molecule has 0 aliphatic rings. The van der Waals surface area contributed by atoms with Crippen LogP contribution >= 0.6 is 0 Å². The summed E-state index contributed by atoms with van der Waals surface area (Å²) < 4.78 is 6.52. The topological polar surface area (TPSA) is 102 Å². The summed E-state index contributed by atoms with van der Waals surface area (Å²) in [6, 6.07) is 9.43. The molecule has 1 N–H and O–H groups in total. The molecule has 0 unspecified atom stereocenters. The minimum Gasteiger partial charge on any atom is -0.462 e. The summed E-state index contributed by atoms with van der Waals surface area (Å²) in [5.74, 6) is -0.583. The zero-order chi connectivity index (χ0) is 23.8. The highest BCUT2D eigenvalue weighted by Gasteiger charge is 2.26. The number of aromatic nitrogens is 5. The quantitative estimate of drug-likeness (QED) is 0.462. The smallest absolute Gasteiger partial charge is 0.344 e. The van der Waals surface area contributed by atoms with Crippen LogP contribution in [0.5, 0.6) is 0 Å². The Bertz CT molecular complexity index is 1380. The van der Waals surface area contributed by atoms with Crippen LogP contribution in [0.25, 0.3) is 28.3 Å². The Kier molecular flexibility index (Phi) is 5.84. The number of nitrogens with zero attached hydrogens (tertiary/aromatic N) is 4. The van der Waals surface area contributed by atoms with E-state index < -0.39 is 5.97 Å². The Balaban J connectivity index is 1.89. The van der Waals surface area contributed by atoms with Crippen LogP contribution in [0.15, 0.2) is 47.5 Å². The average molecular weight is 446 g/mol. The number of hydrogen-bond acceptors (Lipinski definition) is 6. The van der Waals surface area contributed by atoms with Crippen molar-refractivity contribution in [1.29, 1.82) is 0 Å². The molecule has 0 fully saturated rings. The van der Waals surface area contributed by atoms with E-state index in [1.807, 2.05) is 24.3 Å². The molecule has 8 nitrogen and oxygen atoms in total. The molecule has 3 heterocycles. The zero-order valence-electron chi connectivity index (χ0n) is 19.5. The van der Waals surface area contributed by atoms with E-state index in [0.717, 1.165) is 12.0 Å². The maximum atomic E-state index is 13.0. The second-order valence-electron chi connectivity index (χ2n) is 9.15. The normalized spacial score (nSPS) is 11.7. The lowest BCUT2D eigenvalue weighted by atomic mass is 9.88. The van der Waals surface area contributed by atoms with E-state index in [0.29, 0.717) is 22.8 Å². The van der Waals surface area contributed by atoms with Crippen molar-refractivity contribution in [2.45, 2.75) is 41.0 Å². The predicted octanol–water partition coefficient (Wildman–Crippen LogP) is 4.22. The standard InChI is InChI=1S/C25H27N5O3/c1-6-33-24(32)20-22(21-15(2)26-11-12-27-21)29-30-19(31)13-18(28-23(20)30)17-9-7-16(8-10-17)14-25(3,4)5/h7-13,29H,6,14H2,1-5H3. The van der Waals surface area contributed by atoms with Crippen molar-refractivity contribution in [3.63, 3.8) is 0 Å². The van der Waals surface area contributed by atoms with Crippen molar-refractivity contribution in [3.05, 3.63) is 69.9 Å². The van der Waals surface area contributed by atoms with Gasteiger partial charge in [0.2, 0.25) is 0 Å². The van der Waals surface area contributed by atoms with Gasteiger partial charge in [0.05, 0.1) is 18.0 Å². The second kappa shape index (κ2) is 8.61. The first-order valence-corrected chi connectivity index (χ1v) is 10.9. The number of esters is 1. The molecule has 0 radical (unpaired) electrons. The first kappa shape index (κ1) is 22.4. The molecule has 0 aliphatic carbocycles. The lowest BCUT2D eigenvalue weighted by Gasteiger charge is -2.18. The van der Waals surface area contributed by atoms with Gasteiger partial charge in [-0.05, 0) is 31.2 Å². The highest BCUT2D eigenvalue weighted by molar-refractivity contribution is 6.02. The minimum atomic E-state index is -0.583. The van der Waals surface area contributed by atoms with E-state index in [4.69, 9.17) is 4.74 Å². The van der Waals surface area contributed by atoms with Gasteiger partial charge in [0.25, 0.3) is 5.56 Å². The van der Waals surface area contributed by atoms with Crippen molar-refractivity contribution >= 4 is 11.6 Å². The number of ether oxygens (including phenoxy) is 1. The Morgan fingerprint density at radius 1 is 1.12 bits per heavy atom. The highest BCUT2D eigenvalue weighted by atomic mass is 16.5. The fraction of sp³-hybridized carbons (Fsp3) is 0.320. The van der Waals surface area contributed by atoms with Gasteiger partial charge in [0.15, 0.2) is 5.65 Å². The third kappa shape index (κ3) is 4.55. The summed E-state index contributed by atoms with van der Waals surface area (Å²) in [7, 11) is 0. The molecule has 0 bridgehead atoms. The third-order valence-corrected chi connectivity index (χ3v) is 5.20. The molecule has 0 saturated carbocycles. The Morgan fingerprint density at radius 3 is 2.45 bits per heavy atom. The molecule has 0 atom stereocenters. The number of fused-ring (bicyclic) bond motifs is 1. The van der Waals surface area contributed by atoms with Gasteiger partial charge in [0, 0.05) is 24.0 Å². The summed E-state index contributed by atoms with van der Waals surface area (Å²) in [6.07, 6.45) is 4.04. The van der Waals surface area contributed by atoms with Crippen LogP contribution in [0.1, 0.15) is 49.3 Å². The SMILES string of the molecule is CCOC(=O)c1c(-c2nccnc2C)[nH]n2c(=O)cc(-c3ccc(CC(C)(C)C)cc3)nc12. The largest absolute Gasteiger partial charge is 0.462 e. The van der Waals surface area contributed by atoms with Gasteiger partial charge in [-0.3, -0.25) is 19.9 Å². The number of hydrogen-bond donors (Lipinski definition) is 1. The number of rotatable bonds is 5. The van der Waals surface area contributed by atoms with Crippen molar-refractivity contribution < 1.29 is 9.53 Å². The van der Waals surface area contributed by atoms with E-state index in [-0.39, 0.29) is 28.8 Å². The minimum absolute atomic E-state index is 0.156. The fourth-order valence-electron chi connectivity index (χ4n) is 3.81. The molecule has 4 aromatic rings. The molecular weight excluding hydrogens is 418 g/mol. The predicted molar refractivity (Wildman–Crippen MR) is 126 cm³/mol. The maximum absolute atomic E-state index is 13.0. The first-order chi connectivity index (χ1) is 15.7. The van der Waals surface area contributed by atoms with Gasteiger partial charge in [-0.2, -0.15) is 0 Å². The maximum Gasteiger partial charge on any atom is 0.344 e. The number of benzene rings is 1. The zero-order valence-corrected chi connectivity index (χ0v) is 19.5. The molecular formula is C25H27N5O3. The number of carbonyl (C=O) groups is 1. The molecule has 33 heavy (non-hydrogen) atoms. The molecule has 0 saturated heterocycles. The van der Waals surface area contributed by atoms with Crippen LogP contribution in [0.3, 0.4) is 0 Å². The van der Waals surface area contributed by atoms with Gasteiger partial charge in [-0.25, -0.2) is 14.3 Å². The van der Waals surface area contributed by atoms with Crippen LogP contribution < -0.4 is 5.56 Å². The molecule has 1 aromatic carbocycles. The van der Waals surface area contributed by atoms with Gasteiger partial charge < -0.3 is 4.74 Å². The van der Waals surface area contributed by atoms with Gasteiger partial charge in [0.1, 0.15) is 17.0 Å².